The summed E-state index contributed by atoms with van der Waals surface area (Å²) < 4.78 is 10.8. The second-order valence-electron chi connectivity index (χ2n) is 6.09. The number of hydrogen-bond donors (Lipinski definition) is 1. The molecule has 0 bridgehead atoms. The second kappa shape index (κ2) is 8.23. The van der Waals surface area contributed by atoms with E-state index in [1.165, 1.54) is 0 Å². The van der Waals surface area contributed by atoms with Crippen molar-refractivity contribution in [3.63, 3.8) is 0 Å². The molecule has 1 atom stereocenters. The first-order valence-electron chi connectivity index (χ1n) is 8.29. The lowest BCUT2D eigenvalue weighted by Gasteiger charge is -2.34. The number of aliphatic hydroxyl groups excluding tert-OH is 1. The average molecular weight is 332 g/mol. The minimum absolute atomic E-state index is 0.311. The molecule has 0 saturated carbocycles. The van der Waals surface area contributed by atoms with Gasteiger partial charge in [-0.2, -0.15) is 4.98 Å². The van der Waals surface area contributed by atoms with Crippen LogP contribution in [0.2, 0.25) is 0 Å². The first-order valence-corrected chi connectivity index (χ1v) is 8.29. The average Bonchev–Trinajstić information content (AvgIpc) is 3.01. The number of piperazine rings is 1. The van der Waals surface area contributed by atoms with Crippen LogP contribution in [0.4, 0.5) is 0 Å². The Balaban J connectivity index is 1.35. The summed E-state index contributed by atoms with van der Waals surface area (Å²) in [4.78, 5) is 8.78. The van der Waals surface area contributed by atoms with E-state index < -0.39 is 6.10 Å². The van der Waals surface area contributed by atoms with E-state index in [-0.39, 0.29) is 0 Å². The Morgan fingerprint density at radius 3 is 2.54 bits per heavy atom. The molecule has 1 fully saturated rings. The first-order chi connectivity index (χ1) is 11.7. The van der Waals surface area contributed by atoms with Crippen molar-refractivity contribution in [2.24, 2.45) is 0 Å². The van der Waals surface area contributed by atoms with Gasteiger partial charge in [0.15, 0.2) is 5.82 Å². The standard InChI is InChI=1S/C17H24N4O3/c1-14-18-17(24-19-14)12-21-9-7-20(8-10-21)11-15(22)13-23-16-5-3-2-4-6-16/h2-6,15,22H,7-13H2,1H3/t15-/m0/s1. The number of aliphatic hydroxyl groups is 1. The number of ether oxygens (including phenoxy) is 1. The summed E-state index contributed by atoms with van der Waals surface area (Å²) in [6.07, 6.45) is -0.490. The summed E-state index contributed by atoms with van der Waals surface area (Å²) >= 11 is 0. The van der Waals surface area contributed by atoms with Gasteiger partial charge in [-0.3, -0.25) is 9.80 Å². The summed E-state index contributed by atoms with van der Waals surface area (Å²) in [6.45, 7) is 7.12. The van der Waals surface area contributed by atoms with Gasteiger partial charge < -0.3 is 14.4 Å². The summed E-state index contributed by atoms with van der Waals surface area (Å²) in [5, 5.41) is 14.0. The fraction of sp³-hybridized carbons (Fsp3) is 0.529. The van der Waals surface area contributed by atoms with Crippen LogP contribution >= 0.6 is 0 Å². The van der Waals surface area contributed by atoms with Gasteiger partial charge in [0.2, 0.25) is 5.89 Å². The predicted octanol–water partition coefficient (Wildman–Crippen LogP) is 0.936. The largest absolute Gasteiger partial charge is 0.491 e. The maximum atomic E-state index is 10.2. The number of nitrogens with zero attached hydrogens (tertiary/aromatic N) is 4. The van der Waals surface area contributed by atoms with Gasteiger partial charge in [0.05, 0.1) is 6.54 Å². The molecule has 0 unspecified atom stereocenters. The third-order valence-electron chi connectivity index (χ3n) is 4.05. The van der Waals surface area contributed by atoms with Crippen molar-refractivity contribution < 1.29 is 14.4 Å². The molecular formula is C17H24N4O3. The lowest BCUT2D eigenvalue weighted by Crippen LogP contribution is -2.48. The van der Waals surface area contributed by atoms with E-state index in [2.05, 4.69) is 19.9 Å². The van der Waals surface area contributed by atoms with Crippen LogP contribution in [0.25, 0.3) is 0 Å². The zero-order valence-electron chi connectivity index (χ0n) is 14.0. The Hall–Kier alpha value is -1.96. The summed E-state index contributed by atoms with van der Waals surface area (Å²) in [7, 11) is 0. The van der Waals surface area contributed by atoms with Gasteiger partial charge in [-0.05, 0) is 19.1 Å². The van der Waals surface area contributed by atoms with E-state index in [1.54, 1.807) is 0 Å². The van der Waals surface area contributed by atoms with Crippen LogP contribution in [-0.2, 0) is 6.54 Å². The van der Waals surface area contributed by atoms with Crippen molar-refractivity contribution in [3.05, 3.63) is 42.0 Å². The number of aryl methyl sites for hydroxylation is 1. The zero-order chi connectivity index (χ0) is 16.8. The third-order valence-corrected chi connectivity index (χ3v) is 4.05. The highest BCUT2D eigenvalue weighted by Crippen LogP contribution is 2.10. The Morgan fingerprint density at radius 1 is 1.17 bits per heavy atom. The van der Waals surface area contributed by atoms with Crippen LogP contribution in [0.5, 0.6) is 5.75 Å². The fourth-order valence-corrected chi connectivity index (χ4v) is 2.79. The van der Waals surface area contributed by atoms with Crippen LogP contribution in [0.3, 0.4) is 0 Å². The van der Waals surface area contributed by atoms with Gasteiger partial charge in [-0.15, -0.1) is 0 Å². The maximum absolute atomic E-state index is 10.2. The van der Waals surface area contributed by atoms with Gasteiger partial charge in [0, 0.05) is 32.7 Å². The fourth-order valence-electron chi connectivity index (χ4n) is 2.79. The molecule has 130 valence electrons. The lowest BCUT2D eigenvalue weighted by atomic mass is 10.2. The molecule has 3 rings (SSSR count). The Bertz CT molecular complexity index is 611. The highest BCUT2D eigenvalue weighted by atomic mass is 16.5. The number of hydrogen-bond acceptors (Lipinski definition) is 7. The van der Waals surface area contributed by atoms with E-state index >= 15 is 0 Å². The van der Waals surface area contributed by atoms with Crippen molar-refractivity contribution >= 4 is 0 Å². The summed E-state index contributed by atoms with van der Waals surface area (Å²) in [5.41, 5.74) is 0. The van der Waals surface area contributed by atoms with E-state index in [0.717, 1.165) is 31.9 Å². The third kappa shape index (κ3) is 5.02. The molecule has 2 aromatic rings. The molecule has 0 aliphatic carbocycles. The smallest absolute Gasteiger partial charge is 0.240 e. The van der Waals surface area contributed by atoms with Crippen LogP contribution in [-0.4, -0.2) is 70.5 Å². The maximum Gasteiger partial charge on any atom is 0.240 e. The van der Waals surface area contributed by atoms with Crippen molar-refractivity contribution in [3.8, 4) is 5.75 Å². The highest BCUT2D eigenvalue weighted by molar-refractivity contribution is 5.20. The SMILES string of the molecule is Cc1noc(CN2CCN(C[C@H](O)COc3ccccc3)CC2)n1. The summed E-state index contributed by atoms with van der Waals surface area (Å²) in [5.74, 6) is 2.12. The second-order valence-corrected chi connectivity index (χ2v) is 6.09. The Labute approximate surface area is 141 Å². The molecule has 0 radical (unpaired) electrons. The van der Waals surface area contributed by atoms with Gasteiger partial charge in [-0.1, -0.05) is 23.4 Å². The molecule has 1 aliphatic rings. The number of β-amino-alcohol motifs (C(OH)–C–C–N with tert-alkyl or cyclic N) is 1. The van der Waals surface area contributed by atoms with Crippen LogP contribution in [0.1, 0.15) is 11.7 Å². The molecule has 1 saturated heterocycles. The van der Waals surface area contributed by atoms with Gasteiger partial charge in [0.1, 0.15) is 18.5 Å². The molecule has 1 N–H and O–H groups in total. The molecule has 7 nitrogen and oxygen atoms in total. The first kappa shape index (κ1) is 16.9. The minimum Gasteiger partial charge on any atom is -0.491 e. The van der Waals surface area contributed by atoms with Crippen molar-refractivity contribution in [1.29, 1.82) is 0 Å². The zero-order valence-corrected chi connectivity index (χ0v) is 14.0. The van der Waals surface area contributed by atoms with Crippen LogP contribution < -0.4 is 4.74 Å². The lowest BCUT2D eigenvalue weighted by molar-refractivity contribution is 0.0426. The van der Waals surface area contributed by atoms with Crippen molar-refractivity contribution in [1.82, 2.24) is 19.9 Å². The van der Waals surface area contributed by atoms with Crippen LogP contribution in [0, 0.1) is 6.92 Å². The number of para-hydroxylation sites is 1. The van der Waals surface area contributed by atoms with Crippen molar-refractivity contribution in [2.45, 2.75) is 19.6 Å². The molecule has 24 heavy (non-hydrogen) atoms. The number of aromatic nitrogens is 2. The monoisotopic (exact) mass is 332 g/mol. The van der Waals surface area contributed by atoms with Crippen LogP contribution in [0.15, 0.2) is 34.9 Å². The topological polar surface area (TPSA) is 74.9 Å². The van der Waals surface area contributed by atoms with E-state index in [4.69, 9.17) is 9.26 Å². The quantitative estimate of drug-likeness (QED) is 0.808. The van der Waals surface area contributed by atoms with Gasteiger partial charge in [0.25, 0.3) is 0 Å². The highest BCUT2D eigenvalue weighted by Gasteiger charge is 2.21. The number of rotatable bonds is 7. The molecule has 1 aliphatic heterocycles. The van der Waals surface area contributed by atoms with E-state index in [9.17, 15) is 5.11 Å². The molecule has 0 amide bonds. The Kier molecular flexibility index (Phi) is 5.79. The molecular weight excluding hydrogens is 308 g/mol. The Morgan fingerprint density at radius 2 is 1.88 bits per heavy atom. The normalized spacial score (nSPS) is 17.8. The number of benzene rings is 1. The van der Waals surface area contributed by atoms with Gasteiger partial charge in [-0.25, -0.2) is 0 Å². The minimum atomic E-state index is -0.490. The van der Waals surface area contributed by atoms with Crippen molar-refractivity contribution in [2.75, 3.05) is 39.3 Å². The molecule has 1 aromatic heterocycles. The molecule has 0 spiro atoms. The molecule has 2 heterocycles. The predicted molar refractivity (Wildman–Crippen MR) is 88.7 cm³/mol. The molecule has 7 heteroatoms. The van der Waals surface area contributed by atoms with E-state index in [0.29, 0.717) is 31.4 Å². The van der Waals surface area contributed by atoms with E-state index in [1.807, 2.05) is 37.3 Å². The summed E-state index contributed by atoms with van der Waals surface area (Å²) in [6, 6.07) is 9.57. The van der Waals surface area contributed by atoms with Gasteiger partial charge >= 0.3 is 0 Å². The molecule has 1 aromatic carbocycles.